The van der Waals surface area contributed by atoms with Crippen LogP contribution < -0.4 is 20.5 Å². The van der Waals surface area contributed by atoms with Crippen molar-refractivity contribution in [1.29, 1.82) is 5.26 Å². The predicted molar refractivity (Wildman–Crippen MR) is 170 cm³/mol. The number of nitrogens with zero attached hydrogens (tertiary/aromatic N) is 5. The average Bonchev–Trinajstić information content (AvgIpc) is 3.69. The second-order valence-electron chi connectivity index (χ2n) is 13.0. The first-order chi connectivity index (χ1) is 22.3. The maximum absolute atomic E-state index is 14.9. The number of anilines is 1. The SMILES string of the molecule is C#Cc1c(F)ccc2cc(O)cc(-n3ccc4c(N5CC6CCC(C5)N6)c(C#N)c(OC[C@@]56CCCN5C[C@H](F)C6)nc4c3=O)c12. The van der Waals surface area contributed by atoms with E-state index in [1.165, 1.54) is 28.8 Å². The normalized spacial score (nSPS) is 25.6. The second kappa shape index (κ2) is 10.7. The van der Waals surface area contributed by atoms with Crippen molar-refractivity contribution < 1.29 is 18.6 Å². The van der Waals surface area contributed by atoms with Crippen LogP contribution in [0.3, 0.4) is 0 Å². The lowest BCUT2D eigenvalue weighted by Crippen LogP contribution is -2.51. The molecule has 11 heteroatoms. The molecule has 2 unspecified atom stereocenters. The number of aromatic hydroxyl groups is 1. The minimum atomic E-state index is -0.946. The Morgan fingerprint density at radius 1 is 1.17 bits per heavy atom. The first kappa shape index (κ1) is 28.7. The molecule has 2 aromatic carbocycles. The van der Waals surface area contributed by atoms with Gasteiger partial charge in [-0.15, -0.1) is 6.42 Å². The molecule has 6 heterocycles. The first-order valence-electron chi connectivity index (χ1n) is 15.7. The third-order valence-electron chi connectivity index (χ3n) is 10.3. The number of benzene rings is 2. The fourth-order valence-corrected chi connectivity index (χ4v) is 8.31. The number of nitriles is 1. The van der Waals surface area contributed by atoms with E-state index in [1.807, 2.05) is 0 Å². The van der Waals surface area contributed by atoms with Crippen molar-refractivity contribution in [3.8, 4) is 35.7 Å². The van der Waals surface area contributed by atoms with Crippen molar-refractivity contribution in [3.63, 3.8) is 0 Å². The lowest BCUT2D eigenvalue weighted by atomic mass is 9.95. The van der Waals surface area contributed by atoms with Gasteiger partial charge in [0, 0.05) is 61.2 Å². The fraction of sp³-hybridized carbons (Fsp3) is 0.400. The van der Waals surface area contributed by atoms with Crippen LogP contribution in [0.1, 0.15) is 43.2 Å². The van der Waals surface area contributed by atoms with Crippen LogP contribution in [0.5, 0.6) is 11.6 Å². The van der Waals surface area contributed by atoms with Gasteiger partial charge < -0.3 is 20.1 Å². The topological polar surface area (TPSA) is 107 Å². The molecule has 2 N–H and O–H groups in total. The monoisotopic (exact) mass is 622 g/mol. The average molecular weight is 623 g/mol. The molecule has 0 saturated carbocycles. The van der Waals surface area contributed by atoms with Crippen LogP contribution in [-0.2, 0) is 0 Å². The lowest BCUT2D eigenvalue weighted by molar-refractivity contribution is 0.110. The molecule has 4 aliphatic rings. The van der Waals surface area contributed by atoms with Gasteiger partial charge in [-0.1, -0.05) is 12.0 Å². The zero-order chi connectivity index (χ0) is 31.7. The number of ether oxygens (including phenoxy) is 1. The molecule has 0 aliphatic carbocycles. The van der Waals surface area contributed by atoms with Gasteiger partial charge in [-0.3, -0.25) is 14.3 Å². The summed E-state index contributed by atoms with van der Waals surface area (Å²) in [5.41, 5.74) is 0.0165. The van der Waals surface area contributed by atoms with Gasteiger partial charge in [-0.2, -0.15) is 5.26 Å². The van der Waals surface area contributed by atoms with Crippen LogP contribution in [0.25, 0.3) is 27.4 Å². The fourth-order valence-electron chi connectivity index (χ4n) is 8.31. The van der Waals surface area contributed by atoms with Crippen molar-refractivity contribution in [3.05, 3.63) is 63.8 Å². The summed E-state index contributed by atoms with van der Waals surface area (Å²) >= 11 is 0. The van der Waals surface area contributed by atoms with Crippen LogP contribution in [-0.4, -0.2) is 76.1 Å². The molecule has 4 aliphatic heterocycles. The highest BCUT2D eigenvalue weighted by Crippen LogP contribution is 2.42. The maximum atomic E-state index is 14.9. The number of phenols is 1. The summed E-state index contributed by atoms with van der Waals surface area (Å²) in [6.07, 6.45) is 10.4. The van der Waals surface area contributed by atoms with Crippen molar-refractivity contribution in [1.82, 2.24) is 19.8 Å². The van der Waals surface area contributed by atoms with E-state index < -0.39 is 23.1 Å². The molecule has 4 aromatic rings. The molecule has 0 spiro atoms. The number of nitrogens with one attached hydrogen (secondary N) is 1. The number of terminal acetylenes is 1. The Labute approximate surface area is 264 Å². The minimum absolute atomic E-state index is 0.0311. The minimum Gasteiger partial charge on any atom is -0.508 e. The van der Waals surface area contributed by atoms with Crippen LogP contribution in [0, 0.1) is 29.5 Å². The summed E-state index contributed by atoms with van der Waals surface area (Å²) in [5, 5.41) is 26.0. The van der Waals surface area contributed by atoms with Gasteiger partial charge in [-0.25, -0.2) is 13.8 Å². The molecule has 2 bridgehead atoms. The number of hydrogen-bond acceptors (Lipinski definition) is 8. The van der Waals surface area contributed by atoms with E-state index in [9.17, 15) is 23.9 Å². The van der Waals surface area contributed by atoms with Gasteiger partial charge in [-0.05, 0) is 55.8 Å². The zero-order valence-electron chi connectivity index (χ0n) is 25.1. The van der Waals surface area contributed by atoms with Crippen LogP contribution in [0.15, 0.2) is 41.3 Å². The highest BCUT2D eigenvalue weighted by Gasteiger charge is 2.49. The van der Waals surface area contributed by atoms with Crippen molar-refractivity contribution in [2.75, 3.05) is 37.7 Å². The van der Waals surface area contributed by atoms with E-state index in [-0.39, 0.29) is 52.7 Å². The van der Waals surface area contributed by atoms with Crippen molar-refractivity contribution >= 4 is 27.4 Å². The molecule has 234 valence electrons. The Kier molecular flexibility index (Phi) is 6.68. The molecule has 8 rings (SSSR count). The van der Waals surface area contributed by atoms with E-state index >= 15 is 0 Å². The largest absolute Gasteiger partial charge is 0.508 e. The highest BCUT2D eigenvalue weighted by molar-refractivity contribution is 5.98. The summed E-state index contributed by atoms with van der Waals surface area (Å²) < 4.78 is 37.1. The smallest absolute Gasteiger partial charge is 0.281 e. The van der Waals surface area contributed by atoms with Crippen LogP contribution in [0.2, 0.25) is 0 Å². The number of piperazine rings is 1. The van der Waals surface area contributed by atoms with Gasteiger partial charge in [0.15, 0.2) is 0 Å². The van der Waals surface area contributed by atoms with Crippen molar-refractivity contribution in [2.45, 2.75) is 55.9 Å². The Hall–Kier alpha value is -4.71. The number of fused-ring (bicyclic) bond motifs is 5. The second-order valence-corrected chi connectivity index (χ2v) is 13.0. The lowest BCUT2D eigenvalue weighted by Gasteiger charge is -2.36. The number of pyridine rings is 2. The molecule has 9 nitrogen and oxygen atoms in total. The summed E-state index contributed by atoms with van der Waals surface area (Å²) in [5.74, 6) is 1.68. The number of rotatable bonds is 5. The molecule has 0 amide bonds. The molecule has 46 heavy (non-hydrogen) atoms. The standard InChI is InChI=1S/C35H32F2N6O3/c1-2-25-28(37)7-4-20-12-24(44)13-29(30(20)25)43-11-8-26-31(34(43)45)40-33(46-19-35-9-3-10-42(35)16-21(36)14-35)27(15-38)32(26)41-17-22-5-6-23(18-41)39-22/h1,4,7-8,11-13,21-23,39,44H,3,5-6,9-10,14,16-19H2/t21-,22?,23?,35+/m1/s1. The first-order valence-corrected chi connectivity index (χ1v) is 15.7. The van der Waals surface area contributed by atoms with Gasteiger partial charge in [0.1, 0.15) is 41.5 Å². The van der Waals surface area contributed by atoms with Gasteiger partial charge in [0.2, 0.25) is 5.88 Å². The highest BCUT2D eigenvalue weighted by atomic mass is 19.1. The molecule has 4 fully saturated rings. The number of aromatic nitrogens is 2. The summed E-state index contributed by atoms with van der Waals surface area (Å²) in [6, 6.07) is 10.1. The molecule has 4 saturated heterocycles. The third-order valence-corrected chi connectivity index (χ3v) is 10.3. The van der Waals surface area contributed by atoms with Crippen LogP contribution in [0.4, 0.5) is 14.5 Å². The summed E-state index contributed by atoms with van der Waals surface area (Å²) in [6.45, 7) is 2.59. The number of halogens is 2. The quantitative estimate of drug-likeness (QED) is 0.320. The van der Waals surface area contributed by atoms with E-state index in [0.717, 1.165) is 32.2 Å². The summed E-state index contributed by atoms with van der Waals surface area (Å²) in [7, 11) is 0. The van der Waals surface area contributed by atoms with Crippen LogP contribution >= 0.6 is 0 Å². The van der Waals surface area contributed by atoms with E-state index in [1.54, 1.807) is 12.3 Å². The Morgan fingerprint density at radius 2 is 1.98 bits per heavy atom. The maximum Gasteiger partial charge on any atom is 0.281 e. The van der Waals surface area contributed by atoms with E-state index in [2.05, 4.69) is 32.1 Å². The molecular weight excluding hydrogens is 590 g/mol. The Balaban J connectivity index is 1.33. The molecule has 0 radical (unpaired) electrons. The number of phenolic OH excluding ortho intramolecular Hbond substituents is 1. The van der Waals surface area contributed by atoms with Gasteiger partial charge in [0.25, 0.3) is 5.56 Å². The molecular formula is C35H32F2N6O3. The number of alkyl halides is 1. The Bertz CT molecular complexity index is 2060. The number of hydrogen-bond donors (Lipinski definition) is 2. The van der Waals surface area contributed by atoms with Gasteiger partial charge >= 0.3 is 0 Å². The Morgan fingerprint density at radius 3 is 2.74 bits per heavy atom. The van der Waals surface area contributed by atoms with E-state index in [0.29, 0.717) is 47.9 Å². The molecule has 2 aromatic heterocycles. The predicted octanol–water partition coefficient (Wildman–Crippen LogP) is 4.13. The molecule has 4 atom stereocenters. The van der Waals surface area contributed by atoms with E-state index in [4.69, 9.17) is 11.2 Å². The zero-order valence-corrected chi connectivity index (χ0v) is 25.1. The van der Waals surface area contributed by atoms with Crippen molar-refractivity contribution in [2.24, 2.45) is 0 Å². The van der Waals surface area contributed by atoms with Gasteiger partial charge in [0.05, 0.1) is 22.5 Å². The third kappa shape index (κ3) is 4.41. The summed E-state index contributed by atoms with van der Waals surface area (Å²) in [4.78, 5) is 23.4.